The first-order valence-corrected chi connectivity index (χ1v) is 6.33. The summed E-state index contributed by atoms with van der Waals surface area (Å²) in [6.45, 7) is 0. The summed E-state index contributed by atoms with van der Waals surface area (Å²) in [6.07, 6.45) is 8.26. The molecule has 3 rings (SSSR count). The highest BCUT2D eigenvalue weighted by Crippen LogP contribution is 2.31. The van der Waals surface area contributed by atoms with Gasteiger partial charge in [-0.15, -0.1) is 0 Å². The summed E-state index contributed by atoms with van der Waals surface area (Å²) in [6, 6.07) is 5.84. The van der Waals surface area contributed by atoms with Gasteiger partial charge in [0.2, 0.25) is 0 Å². The zero-order valence-corrected chi connectivity index (χ0v) is 10.1. The van der Waals surface area contributed by atoms with Crippen molar-refractivity contribution in [2.75, 3.05) is 5.32 Å². The molecule has 0 saturated heterocycles. The van der Waals surface area contributed by atoms with Gasteiger partial charge in [-0.1, -0.05) is 12.8 Å². The van der Waals surface area contributed by atoms with Crippen molar-refractivity contribution in [1.29, 1.82) is 0 Å². The fourth-order valence-corrected chi connectivity index (χ4v) is 2.51. The van der Waals surface area contributed by atoms with Crippen LogP contribution < -0.4 is 5.32 Å². The molecule has 0 radical (unpaired) electrons. The van der Waals surface area contributed by atoms with Gasteiger partial charge in [0, 0.05) is 12.3 Å². The average molecular weight is 244 g/mol. The summed E-state index contributed by atoms with van der Waals surface area (Å²) in [5.41, 5.74) is 0.564. The van der Waals surface area contributed by atoms with Crippen molar-refractivity contribution in [3.8, 4) is 0 Å². The molecule has 1 amide bonds. The summed E-state index contributed by atoms with van der Waals surface area (Å²) in [4.78, 5) is 14.9. The van der Waals surface area contributed by atoms with Crippen molar-refractivity contribution in [1.82, 2.24) is 14.8 Å². The second kappa shape index (κ2) is 4.68. The molecule has 1 fully saturated rings. The lowest BCUT2D eigenvalue weighted by atomic mass is 10.2. The van der Waals surface area contributed by atoms with Crippen molar-refractivity contribution in [3.63, 3.8) is 0 Å². The Morgan fingerprint density at radius 1 is 1.39 bits per heavy atom. The largest absolute Gasteiger partial charge is 0.357 e. The Balaban J connectivity index is 1.77. The third-order valence-corrected chi connectivity index (χ3v) is 3.43. The Hall–Kier alpha value is -2.04. The molecule has 2 aromatic heterocycles. The first kappa shape index (κ1) is 11.1. The Morgan fingerprint density at radius 3 is 2.94 bits per heavy atom. The zero-order valence-electron chi connectivity index (χ0n) is 10.1. The molecule has 1 saturated carbocycles. The van der Waals surface area contributed by atoms with Gasteiger partial charge < -0.3 is 10.3 Å². The number of anilines is 1. The molecule has 2 heterocycles. The average Bonchev–Trinajstić information content (AvgIpc) is 3.11. The van der Waals surface area contributed by atoms with Crippen molar-refractivity contribution >= 4 is 11.7 Å². The fraction of sp³-hybridized carbons (Fsp3) is 0.385. The van der Waals surface area contributed by atoms with Gasteiger partial charge in [0.25, 0.3) is 5.91 Å². The van der Waals surface area contributed by atoms with E-state index in [2.05, 4.69) is 15.4 Å². The number of nitrogens with zero attached hydrogens (tertiary/aromatic N) is 2. The molecule has 5 nitrogen and oxygen atoms in total. The maximum atomic E-state index is 12.0. The minimum absolute atomic E-state index is 0.125. The Labute approximate surface area is 105 Å². The van der Waals surface area contributed by atoms with E-state index in [1.165, 1.54) is 12.8 Å². The lowest BCUT2D eigenvalue weighted by Crippen LogP contribution is -2.17. The number of hydrogen-bond donors (Lipinski definition) is 2. The molecule has 5 heteroatoms. The predicted octanol–water partition coefficient (Wildman–Crippen LogP) is 2.58. The number of nitrogens with one attached hydrogen (secondary N) is 2. The number of carbonyl (C=O) groups excluding carboxylic acids is 1. The highest BCUT2D eigenvalue weighted by Gasteiger charge is 2.20. The van der Waals surface area contributed by atoms with Crippen molar-refractivity contribution in [3.05, 3.63) is 36.3 Å². The van der Waals surface area contributed by atoms with E-state index in [1.807, 2.05) is 16.8 Å². The first-order chi connectivity index (χ1) is 8.84. The summed E-state index contributed by atoms with van der Waals surface area (Å²) in [7, 11) is 0. The van der Waals surface area contributed by atoms with Crippen LogP contribution in [0.2, 0.25) is 0 Å². The Kier molecular flexibility index (Phi) is 2.88. The topological polar surface area (TPSA) is 62.7 Å². The molecule has 2 aromatic rings. The van der Waals surface area contributed by atoms with Gasteiger partial charge in [0.05, 0.1) is 12.2 Å². The molecule has 0 bridgehead atoms. The number of H-pyrrole nitrogens is 1. The molecule has 1 aliphatic rings. The molecular formula is C13H16N4O. The number of aromatic amines is 1. The van der Waals surface area contributed by atoms with Gasteiger partial charge >= 0.3 is 0 Å². The molecule has 18 heavy (non-hydrogen) atoms. The Bertz CT molecular complexity index is 523. The lowest BCUT2D eigenvalue weighted by Gasteiger charge is -2.14. The van der Waals surface area contributed by atoms with Crippen LogP contribution >= 0.6 is 0 Å². The summed E-state index contributed by atoms with van der Waals surface area (Å²) < 4.78 is 1.94. The minimum atomic E-state index is -0.125. The molecule has 1 aliphatic carbocycles. The monoisotopic (exact) mass is 244 g/mol. The number of hydrogen-bond acceptors (Lipinski definition) is 2. The third-order valence-electron chi connectivity index (χ3n) is 3.43. The van der Waals surface area contributed by atoms with E-state index in [4.69, 9.17) is 0 Å². The SMILES string of the molecule is O=C(Nc1ccnn1C1CCCC1)c1ccc[nH]1. The molecule has 0 aromatic carbocycles. The van der Waals surface area contributed by atoms with Gasteiger partial charge in [0.15, 0.2) is 0 Å². The smallest absolute Gasteiger partial charge is 0.273 e. The van der Waals surface area contributed by atoms with Gasteiger partial charge in [0.1, 0.15) is 11.5 Å². The zero-order chi connectivity index (χ0) is 12.4. The van der Waals surface area contributed by atoms with E-state index in [0.29, 0.717) is 11.7 Å². The van der Waals surface area contributed by atoms with E-state index in [1.54, 1.807) is 18.5 Å². The molecule has 0 aliphatic heterocycles. The van der Waals surface area contributed by atoms with Crippen LogP contribution in [0.15, 0.2) is 30.6 Å². The van der Waals surface area contributed by atoms with Crippen LogP contribution in [0.3, 0.4) is 0 Å². The minimum Gasteiger partial charge on any atom is -0.357 e. The highest BCUT2D eigenvalue weighted by atomic mass is 16.2. The summed E-state index contributed by atoms with van der Waals surface area (Å²) in [5, 5.41) is 7.22. The number of carbonyl (C=O) groups is 1. The van der Waals surface area contributed by atoms with Crippen LogP contribution in [0.5, 0.6) is 0 Å². The lowest BCUT2D eigenvalue weighted by molar-refractivity contribution is 0.102. The van der Waals surface area contributed by atoms with Crippen LogP contribution in [-0.4, -0.2) is 20.7 Å². The van der Waals surface area contributed by atoms with Crippen LogP contribution in [-0.2, 0) is 0 Å². The van der Waals surface area contributed by atoms with Crippen LogP contribution in [0, 0.1) is 0 Å². The normalized spacial score (nSPS) is 16.0. The maximum Gasteiger partial charge on any atom is 0.273 e. The second-order valence-corrected chi connectivity index (χ2v) is 4.64. The molecule has 0 atom stereocenters. The van der Waals surface area contributed by atoms with Crippen LogP contribution in [0.25, 0.3) is 0 Å². The highest BCUT2D eigenvalue weighted by molar-refractivity contribution is 6.02. The van der Waals surface area contributed by atoms with Crippen molar-refractivity contribution < 1.29 is 4.79 Å². The maximum absolute atomic E-state index is 12.0. The van der Waals surface area contributed by atoms with E-state index in [-0.39, 0.29) is 5.91 Å². The number of amides is 1. The Morgan fingerprint density at radius 2 is 2.22 bits per heavy atom. The van der Waals surface area contributed by atoms with E-state index >= 15 is 0 Å². The molecule has 2 N–H and O–H groups in total. The van der Waals surface area contributed by atoms with Crippen LogP contribution in [0.4, 0.5) is 5.82 Å². The van der Waals surface area contributed by atoms with E-state index in [9.17, 15) is 4.79 Å². The predicted molar refractivity (Wildman–Crippen MR) is 68.5 cm³/mol. The first-order valence-electron chi connectivity index (χ1n) is 6.33. The quantitative estimate of drug-likeness (QED) is 0.871. The fourth-order valence-electron chi connectivity index (χ4n) is 2.51. The van der Waals surface area contributed by atoms with Gasteiger partial charge in [-0.2, -0.15) is 5.10 Å². The van der Waals surface area contributed by atoms with Crippen LogP contribution in [0.1, 0.15) is 42.2 Å². The third kappa shape index (κ3) is 2.03. The molecule has 0 unspecified atom stereocenters. The molecular weight excluding hydrogens is 228 g/mol. The summed E-state index contributed by atoms with van der Waals surface area (Å²) >= 11 is 0. The van der Waals surface area contributed by atoms with E-state index in [0.717, 1.165) is 18.7 Å². The van der Waals surface area contributed by atoms with E-state index < -0.39 is 0 Å². The summed E-state index contributed by atoms with van der Waals surface area (Å²) in [5.74, 6) is 0.654. The second-order valence-electron chi connectivity index (χ2n) is 4.64. The molecule has 94 valence electrons. The van der Waals surface area contributed by atoms with Gasteiger partial charge in [-0.25, -0.2) is 4.68 Å². The van der Waals surface area contributed by atoms with Gasteiger partial charge in [-0.3, -0.25) is 4.79 Å². The van der Waals surface area contributed by atoms with Crippen molar-refractivity contribution in [2.45, 2.75) is 31.7 Å². The van der Waals surface area contributed by atoms with Gasteiger partial charge in [-0.05, 0) is 25.0 Å². The number of aromatic nitrogens is 3. The van der Waals surface area contributed by atoms with Crippen molar-refractivity contribution in [2.24, 2.45) is 0 Å². The molecule has 0 spiro atoms. The standard InChI is InChI=1S/C13H16N4O/c18-13(11-6-3-8-14-11)16-12-7-9-15-17(12)10-4-1-2-5-10/h3,6-10,14H,1-2,4-5H2,(H,16,18). The number of rotatable bonds is 3.